The number of aryl methyl sites for hydroxylation is 1. The van der Waals surface area contributed by atoms with Gasteiger partial charge in [-0.25, -0.2) is 4.98 Å². The van der Waals surface area contributed by atoms with Crippen molar-refractivity contribution < 1.29 is 27.4 Å². The van der Waals surface area contributed by atoms with Crippen molar-refractivity contribution in [1.82, 2.24) is 14.7 Å². The summed E-state index contributed by atoms with van der Waals surface area (Å²) in [5.41, 5.74) is 4.01. The number of fused-ring (bicyclic) bond motifs is 1. The Balaban J connectivity index is 1.09. The second kappa shape index (κ2) is 12.3. The van der Waals surface area contributed by atoms with Crippen molar-refractivity contribution in [1.29, 1.82) is 0 Å². The maximum Gasteiger partial charge on any atom is 0.573 e. The number of hydrogen-bond acceptors (Lipinski definition) is 5. The number of amides is 1. The minimum atomic E-state index is -4.71. The van der Waals surface area contributed by atoms with E-state index in [0.29, 0.717) is 47.6 Å². The third kappa shape index (κ3) is 7.24. The number of piperidine rings is 1. The molecule has 2 aromatic heterocycles. The number of halogens is 4. The first-order valence-electron chi connectivity index (χ1n) is 13.5. The van der Waals surface area contributed by atoms with Gasteiger partial charge in [-0.2, -0.15) is 0 Å². The van der Waals surface area contributed by atoms with Crippen LogP contribution < -0.4 is 19.7 Å². The first kappa shape index (κ1) is 28.6. The van der Waals surface area contributed by atoms with Crippen LogP contribution in [0.4, 0.5) is 18.9 Å². The van der Waals surface area contributed by atoms with E-state index in [2.05, 4.69) is 32.1 Å². The van der Waals surface area contributed by atoms with Gasteiger partial charge in [0.1, 0.15) is 22.8 Å². The van der Waals surface area contributed by atoms with E-state index in [4.69, 9.17) is 16.3 Å². The highest BCUT2D eigenvalue weighted by atomic mass is 35.5. The van der Waals surface area contributed by atoms with Gasteiger partial charge >= 0.3 is 6.36 Å². The Morgan fingerprint density at radius 3 is 2.37 bits per heavy atom. The number of hydrogen-bond donors (Lipinski definition) is 1. The summed E-state index contributed by atoms with van der Waals surface area (Å²) < 4.78 is 48.4. The first-order valence-corrected chi connectivity index (χ1v) is 13.8. The normalized spacial score (nSPS) is 14.3. The van der Waals surface area contributed by atoms with Crippen molar-refractivity contribution in [2.75, 3.05) is 24.6 Å². The highest BCUT2D eigenvalue weighted by molar-refractivity contribution is 6.30. The fourth-order valence-corrected chi connectivity index (χ4v) is 5.12. The van der Waals surface area contributed by atoms with E-state index in [1.165, 1.54) is 24.3 Å². The smallest absolute Gasteiger partial charge is 0.493 e. The average Bonchev–Trinajstić information content (AvgIpc) is 3.33. The molecule has 216 valence electrons. The summed E-state index contributed by atoms with van der Waals surface area (Å²) in [6, 6.07) is 17.2. The molecular formula is C30H30ClF3N4O3. The summed E-state index contributed by atoms with van der Waals surface area (Å²) in [5.74, 6) is 0.403. The Morgan fingerprint density at radius 1 is 1.02 bits per heavy atom. The van der Waals surface area contributed by atoms with Gasteiger partial charge in [0.15, 0.2) is 0 Å². The van der Waals surface area contributed by atoms with Gasteiger partial charge in [-0.3, -0.25) is 9.20 Å². The molecule has 1 amide bonds. The molecule has 2 aromatic carbocycles. The maximum absolute atomic E-state index is 13.1. The van der Waals surface area contributed by atoms with Crippen LogP contribution in [0.25, 0.3) is 5.65 Å². The quantitative estimate of drug-likeness (QED) is 0.237. The summed E-state index contributed by atoms with van der Waals surface area (Å²) in [5, 5.41) is 3.54. The lowest BCUT2D eigenvalue weighted by molar-refractivity contribution is -0.274. The van der Waals surface area contributed by atoms with E-state index >= 15 is 0 Å². The number of nitrogens with zero attached hydrogens (tertiary/aromatic N) is 3. The van der Waals surface area contributed by atoms with Crippen LogP contribution in [0.3, 0.4) is 0 Å². The van der Waals surface area contributed by atoms with E-state index in [1.807, 2.05) is 19.1 Å². The van der Waals surface area contributed by atoms with Gasteiger partial charge in [-0.1, -0.05) is 30.7 Å². The van der Waals surface area contributed by atoms with Gasteiger partial charge in [0.25, 0.3) is 5.91 Å². The molecule has 1 N–H and O–H groups in total. The summed E-state index contributed by atoms with van der Waals surface area (Å²) in [6.45, 7) is 4.61. The van der Waals surface area contributed by atoms with Crippen molar-refractivity contribution in [3.05, 3.63) is 88.8 Å². The molecule has 0 unspecified atom stereocenters. The van der Waals surface area contributed by atoms with Gasteiger partial charge in [0.2, 0.25) is 0 Å². The third-order valence-electron chi connectivity index (χ3n) is 7.12. The molecule has 0 radical (unpaired) electrons. The number of carbonyl (C=O) groups is 1. The Morgan fingerprint density at radius 2 is 1.71 bits per heavy atom. The van der Waals surface area contributed by atoms with Crippen LogP contribution in [0, 0.1) is 5.92 Å². The van der Waals surface area contributed by atoms with Crippen LogP contribution in [-0.2, 0) is 13.0 Å². The number of anilines is 1. The lowest BCUT2D eigenvalue weighted by Crippen LogP contribution is -2.35. The zero-order valence-electron chi connectivity index (χ0n) is 22.5. The van der Waals surface area contributed by atoms with E-state index in [-0.39, 0.29) is 11.7 Å². The van der Waals surface area contributed by atoms with Gasteiger partial charge in [0.05, 0.1) is 17.3 Å². The molecule has 1 saturated heterocycles. The standard InChI is InChI=1S/C30H30ClF3N4O3/c1-2-26-28(38-18-22(31)5-12-27(38)36-26)29(39)35-17-20-3-6-23(7-4-20)37-15-13-21(14-16-37)19-40-24-8-10-25(11-9-24)41-30(32,33)34/h3-12,18,21H,2,13-17,19H2,1H3,(H,35,39). The molecule has 1 aliphatic rings. The van der Waals surface area contributed by atoms with Crippen LogP contribution >= 0.6 is 11.6 Å². The largest absolute Gasteiger partial charge is 0.573 e. The monoisotopic (exact) mass is 586 g/mol. The molecule has 4 aromatic rings. The number of benzene rings is 2. The molecule has 5 rings (SSSR count). The number of ether oxygens (including phenoxy) is 2. The highest BCUT2D eigenvalue weighted by Crippen LogP contribution is 2.27. The molecule has 11 heteroatoms. The SMILES string of the molecule is CCc1nc2ccc(Cl)cn2c1C(=O)NCc1ccc(N2CCC(COc3ccc(OC(F)(F)F)cc3)CC2)cc1. The van der Waals surface area contributed by atoms with Gasteiger partial charge in [0, 0.05) is 31.5 Å². The highest BCUT2D eigenvalue weighted by Gasteiger charge is 2.31. The molecule has 41 heavy (non-hydrogen) atoms. The molecular weight excluding hydrogens is 557 g/mol. The van der Waals surface area contributed by atoms with Crippen LogP contribution in [0.15, 0.2) is 66.9 Å². The zero-order valence-corrected chi connectivity index (χ0v) is 23.2. The molecule has 1 aliphatic heterocycles. The Hall–Kier alpha value is -3.92. The molecule has 0 bridgehead atoms. The number of pyridine rings is 1. The molecule has 1 fully saturated rings. The average molecular weight is 587 g/mol. The van der Waals surface area contributed by atoms with Gasteiger partial charge < -0.3 is 19.7 Å². The van der Waals surface area contributed by atoms with Crippen molar-refractivity contribution in [2.24, 2.45) is 5.92 Å². The van der Waals surface area contributed by atoms with Crippen molar-refractivity contribution in [2.45, 2.75) is 39.1 Å². The first-order chi connectivity index (χ1) is 19.7. The lowest BCUT2D eigenvalue weighted by atomic mass is 9.97. The van der Waals surface area contributed by atoms with Gasteiger partial charge in [-0.05, 0) is 79.3 Å². The fourth-order valence-electron chi connectivity index (χ4n) is 4.95. The predicted octanol–water partition coefficient (Wildman–Crippen LogP) is 6.67. The Bertz CT molecular complexity index is 1480. The Kier molecular flexibility index (Phi) is 8.58. The number of aromatic nitrogens is 2. The second-order valence-electron chi connectivity index (χ2n) is 9.95. The maximum atomic E-state index is 13.1. The van der Waals surface area contributed by atoms with E-state index in [1.54, 1.807) is 22.7 Å². The summed E-state index contributed by atoms with van der Waals surface area (Å²) >= 11 is 6.15. The van der Waals surface area contributed by atoms with Crippen LogP contribution in [0.2, 0.25) is 5.02 Å². The van der Waals surface area contributed by atoms with E-state index in [9.17, 15) is 18.0 Å². The fraction of sp³-hybridized carbons (Fsp3) is 0.333. The number of imidazole rings is 1. The van der Waals surface area contributed by atoms with Crippen LogP contribution in [-0.4, -0.2) is 41.4 Å². The molecule has 0 spiro atoms. The third-order valence-corrected chi connectivity index (χ3v) is 7.34. The molecule has 0 saturated carbocycles. The Labute approximate surface area is 240 Å². The minimum Gasteiger partial charge on any atom is -0.493 e. The molecule has 0 atom stereocenters. The minimum absolute atomic E-state index is 0.199. The molecule has 0 aliphatic carbocycles. The second-order valence-corrected chi connectivity index (χ2v) is 10.4. The summed E-state index contributed by atoms with van der Waals surface area (Å²) in [4.78, 5) is 19.9. The van der Waals surface area contributed by atoms with Crippen LogP contribution in [0.1, 0.15) is 41.5 Å². The number of rotatable bonds is 9. The van der Waals surface area contributed by atoms with E-state index < -0.39 is 6.36 Å². The summed E-state index contributed by atoms with van der Waals surface area (Å²) in [7, 11) is 0. The molecule has 7 nitrogen and oxygen atoms in total. The van der Waals surface area contributed by atoms with Crippen molar-refractivity contribution in [3.63, 3.8) is 0 Å². The predicted molar refractivity (Wildman–Crippen MR) is 151 cm³/mol. The number of nitrogens with one attached hydrogen (secondary N) is 1. The van der Waals surface area contributed by atoms with Crippen molar-refractivity contribution >= 4 is 28.8 Å². The van der Waals surface area contributed by atoms with Crippen LogP contribution in [0.5, 0.6) is 11.5 Å². The number of alkyl halides is 3. The summed E-state index contributed by atoms with van der Waals surface area (Å²) in [6.07, 6.45) is -0.492. The lowest BCUT2D eigenvalue weighted by Gasteiger charge is -2.33. The van der Waals surface area contributed by atoms with Gasteiger partial charge in [-0.15, -0.1) is 13.2 Å². The zero-order chi connectivity index (χ0) is 29.0. The van der Waals surface area contributed by atoms with E-state index in [0.717, 1.165) is 42.9 Å². The molecule has 3 heterocycles. The van der Waals surface area contributed by atoms with Crippen molar-refractivity contribution in [3.8, 4) is 11.5 Å². The number of carbonyl (C=O) groups excluding carboxylic acids is 1. The topological polar surface area (TPSA) is 68.1 Å².